The number of piperazine rings is 1. The molecule has 1 aromatic rings. The van der Waals surface area contributed by atoms with Crippen LogP contribution in [-0.2, 0) is 6.54 Å². The van der Waals surface area contributed by atoms with Crippen molar-refractivity contribution in [3.05, 3.63) is 16.6 Å². The van der Waals surface area contributed by atoms with E-state index >= 15 is 0 Å². The van der Waals surface area contributed by atoms with E-state index in [1.54, 1.807) is 11.3 Å². The number of thiazole rings is 1. The Morgan fingerprint density at radius 3 is 3.06 bits per heavy atom. The van der Waals surface area contributed by atoms with Gasteiger partial charge in [-0.25, -0.2) is 4.98 Å². The molecule has 0 radical (unpaired) electrons. The lowest BCUT2D eigenvalue weighted by Crippen LogP contribution is -2.55. The van der Waals surface area contributed by atoms with E-state index in [4.69, 9.17) is 0 Å². The third-order valence-electron chi connectivity index (χ3n) is 3.54. The Balaban J connectivity index is 1.94. The highest BCUT2D eigenvalue weighted by Gasteiger charge is 2.26. The van der Waals surface area contributed by atoms with E-state index in [-0.39, 0.29) is 0 Å². The van der Waals surface area contributed by atoms with Gasteiger partial charge in [0.1, 0.15) is 5.01 Å². The summed E-state index contributed by atoms with van der Waals surface area (Å²) in [4.78, 5) is 7.01. The smallest absolute Gasteiger partial charge is 0.107 e. The Bertz CT molecular complexity index is 312. The molecular weight excluding hydrogens is 230 g/mol. The van der Waals surface area contributed by atoms with Crippen LogP contribution in [0, 0.1) is 0 Å². The van der Waals surface area contributed by atoms with Gasteiger partial charge in [-0.05, 0) is 12.8 Å². The Hall–Kier alpha value is -0.450. The molecule has 96 valence electrons. The van der Waals surface area contributed by atoms with Crippen LogP contribution < -0.4 is 5.32 Å². The molecule has 1 saturated heterocycles. The first-order chi connectivity index (χ1) is 8.33. The van der Waals surface area contributed by atoms with Crippen LogP contribution in [0.5, 0.6) is 0 Å². The fourth-order valence-electron chi connectivity index (χ4n) is 2.57. The first-order valence-corrected chi connectivity index (χ1v) is 7.57. The van der Waals surface area contributed by atoms with E-state index in [9.17, 15) is 0 Å². The highest BCUT2D eigenvalue weighted by Crippen LogP contribution is 2.17. The monoisotopic (exact) mass is 253 g/mol. The van der Waals surface area contributed by atoms with Crippen molar-refractivity contribution in [1.29, 1.82) is 0 Å². The van der Waals surface area contributed by atoms with Crippen LogP contribution in [0.4, 0.5) is 0 Å². The molecule has 3 nitrogen and oxygen atoms in total. The molecule has 0 amide bonds. The zero-order valence-electron chi connectivity index (χ0n) is 10.9. The van der Waals surface area contributed by atoms with Gasteiger partial charge in [-0.3, -0.25) is 4.90 Å². The van der Waals surface area contributed by atoms with Gasteiger partial charge in [-0.1, -0.05) is 20.3 Å². The van der Waals surface area contributed by atoms with E-state index in [0.717, 1.165) is 13.1 Å². The van der Waals surface area contributed by atoms with Crippen LogP contribution in [0.25, 0.3) is 0 Å². The van der Waals surface area contributed by atoms with Crippen molar-refractivity contribution in [2.24, 2.45) is 0 Å². The molecule has 0 bridgehead atoms. The Morgan fingerprint density at radius 2 is 2.41 bits per heavy atom. The summed E-state index contributed by atoms with van der Waals surface area (Å²) in [5.41, 5.74) is 0. The molecule has 17 heavy (non-hydrogen) atoms. The average molecular weight is 253 g/mol. The molecule has 2 atom stereocenters. The van der Waals surface area contributed by atoms with Gasteiger partial charge in [0.15, 0.2) is 0 Å². The first kappa shape index (κ1) is 13.0. The van der Waals surface area contributed by atoms with Crippen molar-refractivity contribution < 1.29 is 0 Å². The van der Waals surface area contributed by atoms with E-state index in [1.807, 2.05) is 6.20 Å². The topological polar surface area (TPSA) is 28.2 Å². The van der Waals surface area contributed by atoms with Crippen LogP contribution >= 0.6 is 11.3 Å². The molecule has 0 aromatic carbocycles. The second-order valence-corrected chi connectivity index (χ2v) is 5.79. The Morgan fingerprint density at radius 1 is 1.53 bits per heavy atom. The summed E-state index contributed by atoms with van der Waals surface area (Å²) in [6.07, 6.45) is 5.67. The van der Waals surface area contributed by atoms with Crippen molar-refractivity contribution in [3.63, 3.8) is 0 Å². The molecule has 1 N–H and O–H groups in total. The van der Waals surface area contributed by atoms with Gasteiger partial charge in [0.2, 0.25) is 0 Å². The van der Waals surface area contributed by atoms with Crippen LogP contribution in [0.1, 0.15) is 38.1 Å². The molecular formula is C13H23N3S. The molecule has 0 saturated carbocycles. The standard InChI is InChI=1S/C13H23N3S/c1-3-5-11-9-16(12(4-2)8-15-11)10-13-14-6-7-17-13/h6-7,11-12,15H,3-5,8-10H2,1-2H3. The number of aromatic nitrogens is 1. The molecule has 1 aromatic heterocycles. The second kappa shape index (κ2) is 6.47. The minimum atomic E-state index is 0.669. The quantitative estimate of drug-likeness (QED) is 0.874. The molecule has 1 aliphatic rings. The normalized spacial score (nSPS) is 26.2. The summed E-state index contributed by atoms with van der Waals surface area (Å²) in [7, 11) is 0. The number of rotatable bonds is 5. The maximum Gasteiger partial charge on any atom is 0.107 e. The zero-order chi connectivity index (χ0) is 12.1. The molecule has 4 heteroatoms. The summed E-state index contributed by atoms with van der Waals surface area (Å²) < 4.78 is 0. The van der Waals surface area contributed by atoms with Gasteiger partial charge in [0, 0.05) is 36.8 Å². The second-order valence-electron chi connectivity index (χ2n) is 4.81. The highest BCUT2D eigenvalue weighted by molar-refractivity contribution is 7.09. The number of nitrogens with one attached hydrogen (secondary N) is 1. The van der Waals surface area contributed by atoms with Gasteiger partial charge >= 0.3 is 0 Å². The van der Waals surface area contributed by atoms with Crippen LogP contribution in [0.2, 0.25) is 0 Å². The Kier molecular flexibility index (Phi) is 4.95. The van der Waals surface area contributed by atoms with Gasteiger partial charge in [0.25, 0.3) is 0 Å². The van der Waals surface area contributed by atoms with Crippen molar-refractivity contribution in [2.75, 3.05) is 13.1 Å². The predicted octanol–water partition coefficient (Wildman–Crippen LogP) is 2.50. The summed E-state index contributed by atoms with van der Waals surface area (Å²) in [5, 5.41) is 6.99. The van der Waals surface area contributed by atoms with E-state index in [1.165, 1.54) is 30.8 Å². The third kappa shape index (κ3) is 3.50. The fourth-order valence-corrected chi connectivity index (χ4v) is 3.21. The summed E-state index contributed by atoms with van der Waals surface area (Å²) in [6, 6.07) is 1.34. The first-order valence-electron chi connectivity index (χ1n) is 6.69. The van der Waals surface area contributed by atoms with E-state index in [2.05, 4.69) is 34.4 Å². The predicted molar refractivity (Wildman–Crippen MR) is 73.3 cm³/mol. The zero-order valence-corrected chi connectivity index (χ0v) is 11.7. The molecule has 1 fully saturated rings. The minimum Gasteiger partial charge on any atom is -0.311 e. The maximum absolute atomic E-state index is 4.41. The largest absolute Gasteiger partial charge is 0.311 e. The fraction of sp³-hybridized carbons (Fsp3) is 0.769. The van der Waals surface area contributed by atoms with Crippen molar-refractivity contribution in [3.8, 4) is 0 Å². The number of hydrogen-bond donors (Lipinski definition) is 1. The maximum atomic E-state index is 4.41. The van der Waals surface area contributed by atoms with E-state index < -0.39 is 0 Å². The summed E-state index contributed by atoms with van der Waals surface area (Å²) in [6.45, 7) is 7.87. The van der Waals surface area contributed by atoms with E-state index in [0.29, 0.717) is 12.1 Å². The van der Waals surface area contributed by atoms with Crippen LogP contribution in [0.3, 0.4) is 0 Å². The molecule has 0 spiro atoms. The SMILES string of the molecule is CCCC1CN(Cc2nccs2)C(CC)CN1. The van der Waals surface area contributed by atoms with Gasteiger partial charge in [0.05, 0.1) is 6.54 Å². The van der Waals surface area contributed by atoms with Crippen LogP contribution in [0.15, 0.2) is 11.6 Å². The lowest BCUT2D eigenvalue weighted by Gasteiger charge is -2.39. The highest BCUT2D eigenvalue weighted by atomic mass is 32.1. The minimum absolute atomic E-state index is 0.669. The molecule has 2 rings (SSSR count). The number of nitrogens with zero attached hydrogens (tertiary/aromatic N) is 2. The van der Waals surface area contributed by atoms with Crippen molar-refractivity contribution in [1.82, 2.24) is 15.2 Å². The summed E-state index contributed by atoms with van der Waals surface area (Å²) in [5.74, 6) is 0. The molecule has 1 aliphatic heterocycles. The lowest BCUT2D eigenvalue weighted by atomic mass is 10.0. The van der Waals surface area contributed by atoms with Gasteiger partial charge in [-0.2, -0.15) is 0 Å². The van der Waals surface area contributed by atoms with Crippen molar-refractivity contribution in [2.45, 2.75) is 51.7 Å². The summed E-state index contributed by atoms with van der Waals surface area (Å²) >= 11 is 1.77. The van der Waals surface area contributed by atoms with Gasteiger partial charge in [-0.15, -0.1) is 11.3 Å². The average Bonchev–Trinajstić information content (AvgIpc) is 2.83. The number of hydrogen-bond acceptors (Lipinski definition) is 4. The molecule has 2 heterocycles. The third-order valence-corrected chi connectivity index (χ3v) is 4.31. The van der Waals surface area contributed by atoms with Crippen molar-refractivity contribution >= 4 is 11.3 Å². The van der Waals surface area contributed by atoms with Gasteiger partial charge < -0.3 is 5.32 Å². The lowest BCUT2D eigenvalue weighted by molar-refractivity contribution is 0.115. The van der Waals surface area contributed by atoms with Crippen LogP contribution in [-0.4, -0.2) is 35.1 Å². The Labute approximate surface area is 108 Å². The molecule has 2 unspecified atom stereocenters. The molecule has 0 aliphatic carbocycles.